The van der Waals surface area contributed by atoms with Crippen LogP contribution in [0.3, 0.4) is 0 Å². The number of rotatable bonds is 26. The number of unbranched alkanes of at least 4 members (excludes halogenated alkanes) is 16. The Balaban J connectivity index is 3.65. The third-order valence-corrected chi connectivity index (χ3v) is 7.06. The van der Waals surface area contributed by atoms with Gasteiger partial charge in [0.2, 0.25) is 0 Å². The number of hydrogen-bond acceptors (Lipinski definition) is 5. The monoisotopic (exact) mass is 521 g/mol. The molecule has 0 saturated heterocycles. The Morgan fingerprint density at radius 2 is 1.26 bits per heavy atom. The normalized spacial score (nSPS) is 13.2. The van der Waals surface area contributed by atoms with Gasteiger partial charge in [-0.1, -0.05) is 110 Å². The number of carbonyl (C=O) groups is 1. The van der Waals surface area contributed by atoms with E-state index in [1.54, 1.807) is 7.05 Å². The number of likely N-dealkylation sites (N-methyl/N-ethyl adjacent to an activating group) is 1. The summed E-state index contributed by atoms with van der Waals surface area (Å²) in [6.07, 6.45) is 22.6. The fraction of sp³-hybridized carbons (Fsp3) is 0.963. The molecule has 3 N–H and O–H groups in total. The summed E-state index contributed by atoms with van der Waals surface area (Å²) in [5, 5.41) is 2.48. The highest BCUT2D eigenvalue weighted by Gasteiger charge is 2.17. The molecule has 0 heterocycles. The van der Waals surface area contributed by atoms with Crippen LogP contribution in [0.15, 0.2) is 0 Å². The molecule has 0 bridgehead atoms. The van der Waals surface area contributed by atoms with Crippen molar-refractivity contribution in [1.82, 2.24) is 5.32 Å². The third-order valence-electron chi connectivity index (χ3n) is 6.28. The fourth-order valence-corrected chi connectivity index (χ4v) is 4.61. The van der Waals surface area contributed by atoms with E-state index in [0.717, 1.165) is 25.8 Å². The van der Waals surface area contributed by atoms with Crippen molar-refractivity contribution in [2.45, 2.75) is 129 Å². The molecular weight excluding hydrogens is 463 g/mol. The van der Waals surface area contributed by atoms with Gasteiger partial charge in [-0.3, -0.25) is 0 Å². The molecule has 2 unspecified atom stereocenters. The standard InChI is InChI=1S/C27H57N2O5P/c1-5-6-7-8-9-10-11-12-13-14-15-16-17-18-19-20-21-22-26(34-27(30)28-2)25-33-35(31)32-24-23-29(3)4/h26,31H,5-25H2,1-4H3,(H,28,30)/p+1. The summed E-state index contributed by atoms with van der Waals surface area (Å²) in [6.45, 7) is 3.66. The molecule has 8 heteroatoms. The van der Waals surface area contributed by atoms with E-state index in [2.05, 4.69) is 12.2 Å². The van der Waals surface area contributed by atoms with Crippen LogP contribution in [0.1, 0.15) is 122 Å². The van der Waals surface area contributed by atoms with Gasteiger partial charge >= 0.3 is 14.7 Å². The molecule has 0 aliphatic carbocycles. The third kappa shape index (κ3) is 26.4. The molecule has 7 nitrogen and oxygen atoms in total. The number of hydrogen-bond donors (Lipinski definition) is 3. The second-order valence-corrected chi connectivity index (χ2v) is 11.0. The highest BCUT2D eigenvalue weighted by molar-refractivity contribution is 7.40. The highest BCUT2D eigenvalue weighted by Crippen LogP contribution is 2.32. The van der Waals surface area contributed by atoms with E-state index in [1.807, 2.05) is 14.1 Å². The lowest BCUT2D eigenvalue weighted by atomic mass is 10.0. The molecule has 35 heavy (non-hydrogen) atoms. The Bertz CT molecular complexity index is 457. The molecular formula is C27H58N2O5P+. The molecule has 0 aliphatic heterocycles. The minimum absolute atomic E-state index is 0.156. The van der Waals surface area contributed by atoms with Gasteiger partial charge in [0.1, 0.15) is 19.3 Å². The van der Waals surface area contributed by atoms with Crippen molar-refractivity contribution in [1.29, 1.82) is 0 Å². The first-order valence-corrected chi connectivity index (χ1v) is 15.5. The molecule has 0 radical (unpaired) electrons. The summed E-state index contributed by atoms with van der Waals surface area (Å²) in [5.74, 6) is 0. The maximum atomic E-state index is 11.6. The van der Waals surface area contributed by atoms with Crippen molar-refractivity contribution in [2.75, 3.05) is 40.9 Å². The zero-order chi connectivity index (χ0) is 26.0. The van der Waals surface area contributed by atoms with Gasteiger partial charge in [0, 0.05) is 7.05 Å². The van der Waals surface area contributed by atoms with E-state index in [-0.39, 0.29) is 12.7 Å². The summed E-state index contributed by atoms with van der Waals surface area (Å²) in [6, 6.07) is 0. The minimum atomic E-state index is -1.94. The largest absolute Gasteiger partial charge is 0.444 e. The molecule has 0 aliphatic rings. The van der Waals surface area contributed by atoms with E-state index in [9.17, 15) is 9.69 Å². The topological polar surface area (TPSA) is 81.5 Å². The van der Waals surface area contributed by atoms with Crippen LogP contribution in [-0.4, -0.2) is 58.0 Å². The van der Waals surface area contributed by atoms with E-state index in [4.69, 9.17) is 13.8 Å². The first-order valence-electron chi connectivity index (χ1n) is 14.4. The predicted octanol–water partition coefficient (Wildman–Crippen LogP) is 6.15. The number of amides is 1. The van der Waals surface area contributed by atoms with Crippen LogP contribution in [0.4, 0.5) is 4.79 Å². The Hall–Kier alpha value is -0.460. The van der Waals surface area contributed by atoms with Gasteiger partial charge in [-0.2, -0.15) is 0 Å². The summed E-state index contributed by atoms with van der Waals surface area (Å²) in [7, 11) is 3.65. The quantitative estimate of drug-likeness (QED) is 0.0940. The van der Waals surface area contributed by atoms with Gasteiger partial charge < -0.3 is 28.9 Å². The molecule has 210 valence electrons. The summed E-state index contributed by atoms with van der Waals surface area (Å²) < 4.78 is 16.1. The van der Waals surface area contributed by atoms with Crippen LogP contribution in [0.25, 0.3) is 0 Å². The van der Waals surface area contributed by atoms with Crippen molar-refractivity contribution in [3.8, 4) is 0 Å². The van der Waals surface area contributed by atoms with E-state index < -0.39 is 14.7 Å². The second-order valence-electron chi connectivity index (χ2n) is 10.0. The van der Waals surface area contributed by atoms with Crippen LogP contribution < -0.4 is 10.2 Å². The van der Waals surface area contributed by atoms with Gasteiger partial charge in [-0.05, 0) is 12.8 Å². The number of quaternary nitrogens is 1. The molecule has 0 rings (SSSR count). The highest BCUT2D eigenvalue weighted by atomic mass is 31.2. The minimum Gasteiger partial charge on any atom is -0.444 e. The van der Waals surface area contributed by atoms with Gasteiger partial charge in [0.15, 0.2) is 0 Å². The number of ether oxygens (including phenoxy) is 1. The van der Waals surface area contributed by atoms with Gasteiger partial charge in [-0.25, -0.2) is 4.79 Å². The Kier molecular flexibility index (Phi) is 26.2. The zero-order valence-corrected chi connectivity index (χ0v) is 24.3. The van der Waals surface area contributed by atoms with E-state index >= 15 is 0 Å². The SMILES string of the molecule is CCCCCCCCCCCCCCCCCCCC(COP(O)OCC[NH+](C)C)OC(=O)NC. The average molecular weight is 522 g/mol. The fourth-order valence-electron chi connectivity index (χ4n) is 4.00. The molecule has 0 aromatic heterocycles. The lowest BCUT2D eigenvalue weighted by Gasteiger charge is -2.19. The average Bonchev–Trinajstić information content (AvgIpc) is 2.83. The van der Waals surface area contributed by atoms with Crippen LogP contribution in [-0.2, 0) is 13.8 Å². The van der Waals surface area contributed by atoms with Gasteiger partial charge in [-0.15, -0.1) is 0 Å². The van der Waals surface area contributed by atoms with Gasteiger partial charge in [0.25, 0.3) is 0 Å². The number of carbonyl (C=O) groups excluding carboxylic acids is 1. The van der Waals surface area contributed by atoms with Crippen LogP contribution in [0.2, 0.25) is 0 Å². The lowest BCUT2D eigenvalue weighted by molar-refractivity contribution is -0.858. The summed E-state index contributed by atoms with van der Waals surface area (Å²) in [4.78, 5) is 22.7. The number of alkyl carbamates (subject to hydrolysis) is 1. The van der Waals surface area contributed by atoms with Crippen LogP contribution >= 0.6 is 8.60 Å². The molecule has 0 fully saturated rings. The summed E-state index contributed by atoms with van der Waals surface area (Å²) >= 11 is 0. The maximum absolute atomic E-state index is 11.6. The lowest BCUT2D eigenvalue weighted by Crippen LogP contribution is -3.06. The first-order chi connectivity index (χ1) is 17.0. The Morgan fingerprint density at radius 3 is 1.69 bits per heavy atom. The summed E-state index contributed by atoms with van der Waals surface area (Å²) in [5.41, 5.74) is 0. The zero-order valence-electron chi connectivity index (χ0n) is 23.5. The van der Waals surface area contributed by atoms with Crippen molar-refractivity contribution >= 4 is 14.7 Å². The van der Waals surface area contributed by atoms with Crippen molar-refractivity contribution < 1.29 is 28.4 Å². The number of nitrogens with one attached hydrogen (secondary N) is 2. The predicted molar refractivity (Wildman–Crippen MR) is 147 cm³/mol. The molecule has 2 atom stereocenters. The molecule has 0 aromatic carbocycles. The van der Waals surface area contributed by atoms with E-state index in [1.165, 1.54) is 101 Å². The van der Waals surface area contributed by atoms with Crippen molar-refractivity contribution in [2.24, 2.45) is 0 Å². The van der Waals surface area contributed by atoms with Crippen molar-refractivity contribution in [3.05, 3.63) is 0 Å². The second kappa shape index (κ2) is 26.6. The van der Waals surface area contributed by atoms with E-state index in [0.29, 0.717) is 6.61 Å². The molecule has 1 amide bonds. The van der Waals surface area contributed by atoms with Crippen LogP contribution in [0, 0.1) is 0 Å². The maximum Gasteiger partial charge on any atom is 0.407 e. The Labute approximate surface area is 218 Å². The van der Waals surface area contributed by atoms with Crippen LogP contribution in [0.5, 0.6) is 0 Å². The van der Waals surface area contributed by atoms with Crippen molar-refractivity contribution in [3.63, 3.8) is 0 Å². The molecule has 0 spiro atoms. The Morgan fingerprint density at radius 1 is 0.800 bits per heavy atom. The molecule has 0 aromatic rings. The molecule has 0 saturated carbocycles. The smallest absolute Gasteiger partial charge is 0.407 e. The first kappa shape index (κ1) is 34.5. The van der Waals surface area contributed by atoms with Gasteiger partial charge in [0.05, 0.1) is 20.7 Å².